The lowest BCUT2D eigenvalue weighted by Gasteiger charge is -2.27. The molecule has 0 fully saturated rings. The van der Waals surface area contributed by atoms with Crippen LogP contribution in [-0.2, 0) is 4.79 Å². The van der Waals surface area contributed by atoms with E-state index in [0.29, 0.717) is 11.7 Å². The lowest BCUT2D eigenvalue weighted by Crippen LogP contribution is -2.27. The molecule has 0 aliphatic heterocycles. The molecule has 108 valence electrons. The monoisotopic (exact) mass is 262 g/mol. The van der Waals surface area contributed by atoms with Gasteiger partial charge in [-0.2, -0.15) is 0 Å². The highest BCUT2D eigenvalue weighted by Gasteiger charge is 2.29. The Balaban J connectivity index is 2.50. The minimum absolute atomic E-state index is 0.259. The molecule has 0 aromatic carbocycles. The third kappa shape index (κ3) is 4.97. The van der Waals surface area contributed by atoms with E-state index in [1.165, 1.54) is 24.8 Å². The minimum atomic E-state index is 0.259. The summed E-state index contributed by atoms with van der Waals surface area (Å²) in [5.41, 5.74) is 2.52. The van der Waals surface area contributed by atoms with Gasteiger partial charge >= 0.3 is 0 Å². The van der Waals surface area contributed by atoms with Crippen LogP contribution in [0.1, 0.15) is 72.6 Å². The molecule has 1 rings (SSSR count). The van der Waals surface area contributed by atoms with Crippen LogP contribution in [0.15, 0.2) is 23.3 Å². The molecule has 1 heteroatoms. The van der Waals surface area contributed by atoms with Crippen molar-refractivity contribution in [1.29, 1.82) is 0 Å². The van der Waals surface area contributed by atoms with Gasteiger partial charge in [0, 0.05) is 5.92 Å². The molecule has 0 aromatic rings. The minimum Gasteiger partial charge on any atom is -0.294 e. The zero-order chi connectivity index (χ0) is 14.3. The smallest absolute Gasteiger partial charge is 0.161 e. The molecular formula is C18H30O. The molecule has 0 bridgehead atoms. The number of ketones is 1. The summed E-state index contributed by atoms with van der Waals surface area (Å²) in [7, 11) is 0. The highest BCUT2D eigenvalue weighted by Crippen LogP contribution is 2.32. The molecule has 1 aliphatic rings. The third-order valence-corrected chi connectivity index (χ3v) is 4.36. The highest BCUT2D eigenvalue weighted by molar-refractivity contribution is 5.98. The number of rotatable bonds is 7. The van der Waals surface area contributed by atoms with Gasteiger partial charge in [0.15, 0.2) is 5.78 Å². The Morgan fingerprint density at radius 2 is 2.16 bits per heavy atom. The molecule has 2 unspecified atom stereocenters. The average Bonchev–Trinajstić information content (AvgIpc) is 2.39. The molecule has 0 amide bonds. The van der Waals surface area contributed by atoms with Gasteiger partial charge in [-0.15, -0.1) is 0 Å². The van der Waals surface area contributed by atoms with Gasteiger partial charge < -0.3 is 0 Å². The molecule has 0 N–H and O–H groups in total. The summed E-state index contributed by atoms with van der Waals surface area (Å²) in [5, 5.41) is 0. The first-order chi connectivity index (χ1) is 9.10. The normalized spacial score (nSPS) is 24.5. The van der Waals surface area contributed by atoms with Crippen molar-refractivity contribution >= 4 is 5.78 Å². The van der Waals surface area contributed by atoms with Crippen LogP contribution in [0, 0.1) is 11.8 Å². The highest BCUT2D eigenvalue weighted by atomic mass is 16.1. The van der Waals surface area contributed by atoms with E-state index in [9.17, 15) is 4.79 Å². The predicted octanol–water partition coefficient (Wildman–Crippen LogP) is 5.46. The number of hydrogen-bond acceptors (Lipinski definition) is 1. The van der Waals surface area contributed by atoms with Gasteiger partial charge in [0.2, 0.25) is 0 Å². The van der Waals surface area contributed by atoms with Crippen LogP contribution in [-0.4, -0.2) is 5.78 Å². The molecule has 0 radical (unpaired) electrons. The number of hydrogen-bond donors (Lipinski definition) is 0. The summed E-state index contributed by atoms with van der Waals surface area (Å²) >= 11 is 0. The van der Waals surface area contributed by atoms with Gasteiger partial charge in [-0.25, -0.2) is 0 Å². The summed E-state index contributed by atoms with van der Waals surface area (Å²) in [4.78, 5) is 12.4. The molecule has 19 heavy (non-hydrogen) atoms. The van der Waals surface area contributed by atoms with Crippen molar-refractivity contribution in [3.8, 4) is 0 Å². The topological polar surface area (TPSA) is 17.1 Å². The maximum atomic E-state index is 12.4. The zero-order valence-corrected chi connectivity index (χ0v) is 13.2. The van der Waals surface area contributed by atoms with Gasteiger partial charge in [-0.1, -0.05) is 51.3 Å². The van der Waals surface area contributed by atoms with Crippen LogP contribution in [0.2, 0.25) is 0 Å². The van der Waals surface area contributed by atoms with Crippen molar-refractivity contribution in [2.75, 3.05) is 0 Å². The molecule has 1 aliphatic carbocycles. The van der Waals surface area contributed by atoms with E-state index in [1.54, 1.807) is 0 Å². The molecule has 2 atom stereocenters. The van der Waals surface area contributed by atoms with E-state index < -0.39 is 0 Å². The molecule has 0 saturated carbocycles. The Kier molecular flexibility index (Phi) is 7.12. The first-order valence-corrected chi connectivity index (χ1v) is 7.99. The Morgan fingerprint density at radius 3 is 2.79 bits per heavy atom. The van der Waals surface area contributed by atoms with Crippen molar-refractivity contribution in [3.05, 3.63) is 23.3 Å². The van der Waals surface area contributed by atoms with E-state index in [4.69, 9.17) is 0 Å². The quantitative estimate of drug-likeness (QED) is 0.439. The lowest BCUT2D eigenvalue weighted by molar-refractivity contribution is -0.121. The maximum absolute atomic E-state index is 12.4. The van der Waals surface area contributed by atoms with Crippen molar-refractivity contribution in [2.24, 2.45) is 11.8 Å². The number of Topliss-reactive ketones (excluding diaryl/α,β-unsaturated/α-hetero) is 1. The second-order valence-corrected chi connectivity index (χ2v) is 6.00. The fourth-order valence-corrected chi connectivity index (χ4v) is 2.86. The van der Waals surface area contributed by atoms with E-state index in [2.05, 4.69) is 39.8 Å². The second kappa shape index (κ2) is 8.35. The summed E-state index contributed by atoms with van der Waals surface area (Å²) in [6.45, 7) is 8.75. The van der Waals surface area contributed by atoms with Gasteiger partial charge in [0.05, 0.1) is 0 Å². The van der Waals surface area contributed by atoms with E-state index in [1.807, 2.05) is 0 Å². The summed E-state index contributed by atoms with van der Waals surface area (Å²) in [5.74, 6) is 1.20. The Bertz CT molecular complexity index is 349. The third-order valence-electron chi connectivity index (χ3n) is 4.36. The largest absolute Gasteiger partial charge is 0.294 e. The van der Waals surface area contributed by atoms with Crippen LogP contribution in [0.4, 0.5) is 0 Å². The van der Waals surface area contributed by atoms with Crippen LogP contribution in [0.3, 0.4) is 0 Å². The van der Waals surface area contributed by atoms with Crippen molar-refractivity contribution in [2.45, 2.75) is 72.6 Å². The van der Waals surface area contributed by atoms with Crippen LogP contribution >= 0.6 is 0 Å². The van der Waals surface area contributed by atoms with Crippen molar-refractivity contribution in [1.82, 2.24) is 0 Å². The van der Waals surface area contributed by atoms with Crippen LogP contribution in [0.25, 0.3) is 0 Å². The predicted molar refractivity (Wildman–Crippen MR) is 83.2 cm³/mol. The Hall–Kier alpha value is -0.850. The van der Waals surface area contributed by atoms with E-state index in [0.717, 1.165) is 31.3 Å². The van der Waals surface area contributed by atoms with Crippen LogP contribution < -0.4 is 0 Å². The summed E-state index contributed by atoms with van der Waals surface area (Å²) < 4.78 is 0. The van der Waals surface area contributed by atoms with Crippen molar-refractivity contribution in [3.63, 3.8) is 0 Å². The summed E-state index contributed by atoms with van der Waals surface area (Å²) in [6.07, 6.45) is 12.3. The number of carbonyl (C=O) groups excluding carboxylic acids is 1. The summed E-state index contributed by atoms with van der Waals surface area (Å²) in [6, 6.07) is 0. The van der Waals surface area contributed by atoms with E-state index in [-0.39, 0.29) is 5.92 Å². The van der Waals surface area contributed by atoms with Gasteiger partial charge in [0.1, 0.15) is 0 Å². The number of allylic oxidation sites excluding steroid dienone is 4. The zero-order valence-electron chi connectivity index (χ0n) is 13.2. The average molecular weight is 262 g/mol. The fourth-order valence-electron chi connectivity index (χ4n) is 2.86. The molecule has 0 aromatic heterocycles. The molecule has 0 spiro atoms. The van der Waals surface area contributed by atoms with Crippen molar-refractivity contribution < 1.29 is 4.79 Å². The number of carbonyl (C=O) groups is 1. The Labute approximate surface area is 119 Å². The van der Waals surface area contributed by atoms with Gasteiger partial charge in [-0.05, 0) is 50.5 Å². The first-order valence-electron chi connectivity index (χ1n) is 7.99. The number of unbranched alkanes of at least 4 members (excludes halogenated alkanes) is 2. The molecule has 0 saturated heterocycles. The van der Waals surface area contributed by atoms with Gasteiger partial charge in [-0.3, -0.25) is 4.79 Å². The standard InChI is InChI=1S/C18H30O/c1-5-7-8-9-14(3)10-13-17-15(4)11-12-16(6-2)18(17)19/h9,12,15,17H,5-8,10-11,13H2,1-4H3/b14-9-. The SMILES string of the molecule is CCCC/C=C(/C)CCC1C(=O)C(CC)=CCC1C. The maximum Gasteiger partial charge on any atom is 0.161 e. The lowest BCUT2D eigenvalue weighted by atomic mass is 9.76. The molecule has 0 heterocycles. The first kappa shape index (κ1) is 16.2. The van der Waals surface area contributed by atoms with E-state index >= 15 is 0 Å². The molecule has 1 nitrogen and oxygen atoms in total. The van der Waals surface area contributed by atoms with Gasteiger partial charge in [0.25, 0.3) is 0 Å². The second-order valence-electron chi connectivity index (χ2n) is 6.00. The molecular weight excluding hydrogens is 232 g/mol. The van der Waals surface area contributed by atoms with Crippen LogP contribution in [0.5, 0.6) is 0 Å². The fraction of sp³-hybridized carbons (Fsp3) is 0.722. The Morgan fingerprint density at radius 1 is 1.42 bits per heavy atom.